The molecule has 0 saturated carbocycles. The highest BCUT2D eigenvalue weighted by molar-refractivity contribution is 5.91. The number of carbonyl (C=O) groups is 1. The first-order valence-electron chi connectivity index (χ1n) is 6.90. The van der Waals surface area contributed by atoms with E-state index in [1.807, 2.05) is 7.05 Å². The summed E-state index contributed by atoms with van der Waals surface area (Å²) in [7, 11) is 1.88. The maximum atomic E-state index is 12.1. The average molecular weight is 301 g/mol. The SMILES string of the molecule is Cl.Cn1nc2c(c1NC(=O)CC1COCCN1)CCC2. The number of hydrogen-bond donors (Lipinski definition) is 2. The maximum absolute atomic E-state index is 12.1. The smallest absolute Gasteiger partial charge is 0.227 e. The van der Waals surface area contributed by atoms with Gasteiger partial charge in [0.2, 0.25) is 5.91 Å². The number of anilines is 1. The second-order valence-corrected chi connectivity index (χ2v) is 5.23. The Hall–Kier alpha value is -1.11. The molecule has 1 aromatic heterocycles. The van der Waals surface area contributed by atoms with E-state index in [-0.39, 0.29) is 24.4 Å². The number of fused-ring (bicyclic) bond motifs is 1. The monoisotopic (exact) mass is 300 g/mol. The minimum absolute atomic E-state index is 0. The first-order chi connectivity index (χ1) is 9.24. The lowest BCUT2D eigenvalue weighted by Crippen LogP contribution is -2.43. The molecule has 0 radical (unpaired) electrons. The molecule has 2 aliphatic rings. The minimum atomic E-state index is 0. The molecular weight excluding hydrogens is 280 g/mol. The van der Waals surface area contributed by atoms with Crippen LogP contribution >= 0.6 is 12.4 Å². The highest BCUT2D eigenvalue weighted by Gasteiger charge is 2.23. The highest BCUT2D eigenvalue weighted by atomic mass is 35.5. The fraction of sp³-hybridized carbons (Fsp3) is 0.692. The molecule has 0 bridgehead atoms. The molecule has 1 atom stereocenters. The molecule has 3 rings (SSSR count). The Balaban J connectivity index is 0.00000147. The lowest BCUT2D eigenvalue weighted by Gasteiger charge is -2.23. The largest absolute Gasteiger partial charge is 0.378 e. The number of nitrogens with zero attached hydrogens (tertiary/aromatic N) is 2. The zero-order valence-corrected chi connectivity index (χ0v) is 12.5. The van der Waals surface area contributed by atoms with Gasteiger partial charge in [-0.3, -0.25) is 9.48 Å². The van der Waals surface area contributed by atoms with Gasteiger partial charge in [-0.25, -0.2) is 0 Å². The third kappa shape index (κ3) is 3.13. The predicted octanol–water partition coefficient (Wildman–Crippen LogP) is 0.648. The van der Waals surface area contributed by atoms with Crippen LogP contribution in [0.4, 0.5) is 5.82 Å². The lowest BCUT2D eigenvalue weighted by atomic mass is 10.2. The second kappa shape index (κ2) is 6.56. The van der Waals surface area contributed by atoms with Crippen LogP contribution in [0.2, 0.25) is 0 Å². The van der Waals surface area contributed by atoms with Gasteiger partial charge >= 0.3 is 0 Å². The van der Waals surface area contributed by atoms with Crippen molar-refractivity contribution in [2.45, 2.75) is 31.7 Å². The Morgan fingerprint density at radius 1 is 1.55 bits per heavy atom. The number of halogens is 1. The van der Waals surface area contributed by atoms with Crippen LogP contribution in [0.3, 0.4) is 0 Å². The van der Waals surface area contributed by atoms with Gasteiger partial charge < -0.3 is 15.4 Å². The number of aromatic nitrogens is 2. The van der Waals surface area contributed by atoms with Crippen LogP contribution in [-0.4, -0.2) is 41.5 Å². The number of amides is 1. The summed E-state index contributed by atoms with van der Waals surface area (Å²) in [6.07, 6.45) is 3.62. The van der Waals surface area contributed by atoms with Gasteiger partial charge in [0.25, 0.3) is 0 Å². The van der Waals surface area contributed by atoms with Gasteiger partial charge in [0.15, 0.2) is 0 Å². The van der Waals surface area contributed by atoms with Crippen molar-refractivity contribution in [3.05, 3.63) is 11.3 Å². The van der Waals surface area contributed by atoms with Crippen molar-refractivity contribution in [1.29, 1.82) is 0 Å². The molecule has 1 amide bonds. The molecule has 1 aliphatic carbocycles. The number of hydrogen-bond acceptors (Lipinski definition) is 4. The number of aryl methyl sites for hydroxylation is 2. The summed E-state index contributed by atoms with van der Waals surface area (Å²) < 4.78 is 7.14. The molecule has 20 heavy (non-hydrogen) atoms. The number of nitrogens with one attached hydrogen (secondary N) is 2. The summed E-state index contributed by atoms with van der Waals surface area (Å²) in [6.45, 7) is 2.16. The average Bonchev–Trinajstić information content (AvgIpc) is 2.94. The molecule has 2 heterocycles. The van der Waals surface area contributed by atoms with E-state index in [9.17, 15) is 4.79 Å². The summed E-state index contributed by atoms with van der Waals surface area (Å²) in [6, 6.07) is 0.120. The summed E-state index contributed by atoms with van der Waals surface area (Å²) in [4.78, 5) is 12.1. The van der Waals surface area contributed by atoms with Crippen molar-refractivity contribution < 1.29 is 9.53 Å². The standard InChI is InChI=1S/C13H20N4O2.ClH/c1-17-13(10-3-2-4-11(10)16-17)15-12(18)7-9-8-19-6-5-14-9;/h9,14H,2-8H2,1H3,(H,15,18);1H. The number of morpholine rings is 1. The maximum Gasteiger partial charge on any atom is 0.227 e. The normalized spacial score (nSPS) is 21.1. The van der Waals surface area contributed by atoms with Crippen LogP contribution in [0.1, 0.15) is 24.1 Å². The number of rotatable bonds is 3. The number of carbonyl (C=O) groups excluding carboxylic acids is 1. The Kier molecular flexibility index (Phi) is 5.01. The Bertz CT molecular complexity index is 483. The van der Waals surface area contributed by atoms with E-state index in [1.165, 1.54) is 5.56 Å². The zero-order valence-electron chi connectivity index (χ0n) is 11.6. The quantitative estimate of drug-likeness (QED) is 0.860. The molecule has 2 N–H and O–H groups in total. The second-order valence-electron chi connectivity index (χ2n) is 5.23. The molecule has 1 saturated heterocycles. The Morgan fingerprint density at radius 3 is 3.15 bits per heavy atom. The fourth-order valence-electron chi connectivity index (χ4n) is 2.83. The van der Waals surface area contributed by atoms with Crippen LogP contribution in [0.25, 0.3) is 0 Å². The summed E-state index contributed by atoms with van der Waals surface area (Å²) >= 11 is 0. The van der Waals surface area contributed by atoms with E-state index in [0.717, 1.165) is 43.9 Å². The van der Waals surface area contributed by atoms with E-state index < -0.39 is 0 Å². The van der Waals surface area contributed by atoms with Crippen LogP contribution in [0.15, 0.2) is 0 Å². The topological polar surface area (TPSA) is 68.2 Å². The third-order valence-electron chi connectivity index (χ3n) is 3.76. The van der Waals surface area contributed by atoms with Gasteiger partial charge in [0.05, 0.1) is 18.9 Å². The molecule has 1 aliphatic heterocycles. The molecular formula is C13H21ClN4O2. The van der Waals surface area contributed by atoms with Gasteiger partial charge in [-0.15, -0.1) is 12.4 Å². The minimum Gasteiger partial charge on any atom is -0.378 e. The Labute approximate surface area is 124 Å². The van der Waals surface area contributed by atoms with Crippen LogP contribution in [-0.2, 0) is 29.4 Å². The van der Waals surface area contributed by atoms with Gasteiger partial charge in [-0.1, -0.05) is 0 Å². The summed E-state index contributed by atoms with van der Waals surface area (Å²) in [5, 5.41) is 10.7. The van der Waals surface area contributed by atoms with Crippen molar-refractivity contribution in [3.8, 4) is 0 Å². The van der Waals surface area contributed by atoms with Crippen molar-refractivity contribution in [2.24, 2.45) is 7.05 Å². The first-order valence-corrected chi connectivity index (χ1v) is 6.90. The summed E-state index contributed by atoms with van der Waals surface area (Å²) in [5.41, 5.74) is 2.35. The van der Waals surface area contributed by atoms with Crippen LogP contribution in [0, 0.1) is 0 Å². The van der Waals surface area contributed by atoms with Crippen LogP contribution in [0.5, 0.6) is 0 Å². The van der Waals surface area contributed by atoms with E-state index in [1.54, 1.807) is 4.68 Å². The van der Waals surface area contributed by atoms with E-state index in [4.69, 9.17) is 4.74 Å². The molecule has 112 valence electrons. The van der Waals surface area contributed by atoms with E-state index in [2.05, 4.69) is 15.7 Å². The fourth-order valence-corrected chi connectivity index (χ4v) is 2.83. The van der Waals surface area contributed by atoms with Gasteiger partial charge in [-0.2, -0.15) is 5.10 Å². The highest BCUT2D eigenvalue weighted by Crippen LogP contribution is 2.28. The zero-order chi connectivity index (χ0) is 13.2. The Morgan fingerprint density at radius 2 is 2.40 bits per heavy atom. The lowest BCUT2D eigenvalue weighted by molar-refractivity contribution is -0.117. The van der Waals surface area contributed by atoms with Crippen molar-refractivity contribution in [3.63, 3.8) is 0 Å². The molecule has 1 fully saturated rings. The first kappa shape index (κ1) is 15.3. The molecule has 7 heteroatoms. The molecule has 1 aromatic rings. The molecule has 0 spiro atoms. The predicted molar refractivity (Wildman–Crippen MR) is 78.3 cm³/mol. The number of ether oxygens (including phenoxy) is 1. The van der Waals surface area contributed by atoms with Crippen molar-refractivity contribution >= 4 is 24.1 Å². The van der Waals surface area contributed by atoms with Crippen molar-refractivity contribution in [2.75, 3.05) is 25.1 Å². The third-order valence-corrected chi connectivity index (χ3v) is 3.76. The summed E-state index contributed by atoms with van der Waals surface area (Å²) in [5.74, 6) is 0.898. The molecule has 6 nitrogen and oxygen atoms in total. The van der Waals surface area contributed by atoms with Crippen LogP contribution < -0.4 is 10.6 Å². The molecule has 1 unspecified atom stereocenters. The van der Waals surface area contributed by atoms with Gasteiger partial charge in [0.1, 0.15) is 5.82 Å². The van der Waals surface area contributed by atoms with Gasteiger partial charge in [0, 0.05) is 31.6 Å². The van der Waals surface area contributed by atoms with E-state index >= 15 is 0 Å². The van der Waals surface area contributed by atoms with E-state index in [0.29, 0.717) is 13.0 Å². The van der Waals surface area contributed by atoms with Gasteiger partial charge in [-0.05, 0) is 19.3 Å². The van der Waals surface area contributed by atoms with Crippen molar-refractivity contribution in [1.82, 2.24) is 15.1 Å². The molecule has 0 aromatic carbocycles.